The van der Waals surface area contributed by atoms with E-state index in [0.717, 1.165) is 11.9 Å². The second-order valence-electron chi connectivity index (χ2n) is 8.76. The lowest BCUT2D eigenvalue weighted by Gasteiger charge is -2.22. The monoisotopic (exact) mass is 504 g/mol. The molecule has 5 aromatic rings. The Kier molecular flexibility index (Phi) is 8.24. The highest BCUT2D eigenvalue weighted by Crippen LogP contribution is 2.38. The van der Waals surface area contributed by atoms with Crippen LogP contribution in [0.5, 0.6) is 5.75 Å². The number of para-hydroxylation sites is 1. The van der Waals surface area contributed by atoms with Crippen LogP contribution in [0.15, 0.2) is 133 Å². The summed E-state index contributed by atoms with van der Waals surface area (Å²) in [7, 11) is 0.0391. The van der Waals surface area contributed by atoms with Crippen molar-refractivity contribution < 1.29 is 4.74 Å². The fourth-order valence-electron chi connectivity index (χ4n) is 4.32. The van der Waals surface area contributed by atoms with Gasteiger partial charge in [-0.1, -0.05) is 136 Å². The molecule has 1 atom stereocenters. The molecule has 0 spiro atoms. The van der Waals surface area contributed by atoms with E-state index in [0.29, 0.717) is 15.2 Å². The molecule has 0 radical (unpaired) electrons. The summed E-state index contributed by atoms with van der Waals surface area (Å²) in [5.74, 6) is 0.974. The molecule has 1 nitrogen and oxygen atoms in total. The molecule has 5 aromatic carbocycles. The van der Waals surface area contributed by atoms with Crippen LogP contribution in [0.1, 0.15) is 16.7 Å². The third kappa shape index (κ3) is 6.11. The minimum absolute atomic E-state index is 0.502. The maximum Gasteiger partial charge on any atom is 0.127 e. The number of aryl methyl sites for hydroxylation is 1. The van der Waals surface area contributed by atoms with Gasteiger partial charge in [-0.25, -0.2) is 0 Å². The van der Waals surface area contributed by atoms with Crippen LogP contribution in [-0.2, 0) is 12.8 Å². The Hall–Kier alpha value is -3.24. The molecule has 0 aromatic heterocycles. The van der Waals surface area contributed by atoms with E-state index in [9.17, 15) is 0 Å². The number of ether oxygens (including phenoxy) is 1. The molecular weight excluding hydrogens is 474 g/mol. The fraction of sp³-hybridized carbons (Fsp3) is 0.0909. The molecule has 36 heavy (non-hydrogen) atoms. The standard InChI is InChI=1S/C33H30OP2/c1-26-14-13-17-28(25-36(29-18-7-3-8-19-29)30-20-9-4-10-21-30)33(26)35-32-23-12-11-22-31(32)34-24-27-15-5-2-6-16-27/h2-23,35H,24-25H2,1H3. The number of rotatable bonds is 9. The van der Waals surface area contributed by atoms with Crippen molar-refractivity contribution in [2.45, 2.75) is 19.7 Å². The van der Waals surface area contributed by atoms with Crippen LogP contribution in [0, 0.1) is 6.92 Å². The molecule has 0 N–H and O–H groups in total. The van der Waals surface area contributed by atoms with Crippen molar-refractivity contribution in [2.75, 3.05) is 0 Å². The molecule has 0 saturated carbocycles. The Morgan fingerprint density at radius 2 is 1.19 bits per heavy atom. The molecule has 5 rings (SSSR count). The summed E-state index contributed by atoms with van der Waals surface area (Å²) in [6.45, 7) is 2.82. The van der Waals surface area contributed by atoms with Gasteiger partial charge in [0, 0.05) is 11.5 Å². The van der Waals surface area contributed by atoms with Gasteiger partial charge >= 0.3 is 0 Å². The van der Waals surface area contributed by atoms with E-state index in [1.54, 1.807) is 0 Å². The number of hydrogen-bond donors (Lipinski definition) is 0. The average Bonchev–Trinajstić information content (AvgIpc) is 2.94. The topological polar surface area (TPSA) is 9.23 Å². The predicted octanol–water partition coefficient (Wildman–Crippen LogP) is 6.84. The fourth-order valence-corrected chi connectivity index (χ4v) is 8.14. The Morgan fingerprint density at radius 3 is 1.86 bits per heavy atom. The van der Waals surface area contributed by atoms with Gasteiger partial charge in [0.05, 0.1) is 0 Å². The normalized spacial score (nSPS) is 11.3. The zero-order chi connectivity index (χ0) is 24.6. The maximum absolute atomic E-state index is 6.31. The highest BCUT2D eigenvalue weighted by molar-refractivity contribution is 7.72. The summed E-state index contributed by atoms with van der Waals surface area (Å²) >= 11 is 0. The van der Waals surface area contributed by atoms with Gasteiger partial charge in [0.2, 0.25) is 0 Å². The van der Waals surface area contributed by atoms with Gasteiger partial charge < -0.3 is 4.74 Å². The molecule has 3 heteroatoms. The van der Waals surface area contributed by atoms with Gasteiger partial charge in [-0.3, -0.25) is 0 Å². The summed E-state index contributed by atoms with van der Waals surface area (Å²) in [4.78, 5) is 0. The van der Waals surface area contributed by atoms with Crippen molar-refractivity contribution in [1.82, 2.24) is 0 Å². The van der Waals surface area contributed by atoms with Gasteiger partial charge in [-0.15, -0.1) is 0 Å². The van der Waals surface area contributed by atoms with E-state index in [-0.39, 0.29) is 0 Å². The van der Waals surface area contributed by atoms with Gasteiger partial charge in [-0.05, 0) is 53.5 Å². The third-order valence-electron chi connectivity index (χ3n) is 6.21. The predicted molar refractivity (Wildman–Crippen MR) is 159 cm³/mol. The molecule has 1 unspecified atom stereocenters. The van der Waals surface area contributed by atoms with Gasteiger partial charge in [-0.2, -0.15) is 0 Å². The van der Waals surface area contributed by atoms with E-state index >= 15 is 0 Å². The highest BCUT2D eigenvalue weighted by atomic mass is 31.1. The molecule has 0 saturated heterocycles. The van der Waals surface area contributed by atoms with Crippen molar-refractivity contribution in [3.63, 3.8) is 0 Å². The van der Waals surface area contributed by atoms with Crippen molar-refractivity contribution in [3.8, 4) is 5.75 Å². The van der Waals surface area contributed by atoms with E-state index in [2.05, 4.69) is 134 Å². The minimum atomic E-state index is -0.502. The van der Waals surface area contributed by atoms with E-state index in [1.165, 1.54) is 37.9 Å². The Balaban J connectivity index is 1.45. The highest BCUT2D eigenvalue weighted by Gasteiger charge is 2.18. The summed E-state index contributed by atoms with van der Waals surface area (Å²) < 4.78 is 6.31. The first-order chi connectivity index (χ1) is 17.8. The number of benzene rings is 5. The molecule has 0 fully saturated rings. The molecule has 0 amide bonds. The van der Waals surface area contributed by atoms with Crippen LogP contribution in [0.3, 0.4) is 0 Å². The summed E-state index contributed by atoms with van der Waals surface area (Å²) in [6.07, 6.45) is 1.03. The van der Waals surface area contributed by atoms with Gasteiger partial charge in [0.15, 0.2) is 0 Å². The Morgan fingerprint density at radius 1 is 0.611 bits per heavy atom. The second kappa shape index (κ2) is 12.1. The quantitative estimate of drug-likeness (QED) is 0.200. The van der Waals surface area contributed by atoms with Crippen LogP contribution in [0.4, 0.5) is 0 Å². The molecule has 178 valence electrons. The molecule has 0 heterocycles. The first-order valence-corrected chi connectivity index (χ1v) is 14.8. The lowest BCUT2D eigenvalue weighted by Crippen LogP contribution is -2.18. The van der Waals surface area contributed by atoms with Crippen LogP contribution in [0.2, 0.25) is 0 Å². The van der Waals surface area contributed by atoms with Gasteiger partial charge in [0.1, 0.15) is 12.4 Å². The zero-order valence-electron chi connectivity index (χ0n) is 20.5. The zero-order valence-corrected chi connectivity index (χ0v) is 22.4. The van der Waals surface area contributed by atoms with Crippen molar-refractivity contribution in [3.05, 3.63) is 150 Å². The van der Waals surface area contributed by atoms with Crippen molar-refractivity contribution >= 4 is 37.7 Å². The molecule has 0 aliphatic heterocycles. The largest absolute Gasteiger partial charge is 0.488 e. The lowest BCUT2D eigenvalue weighted by molar-refractivity contribution is 0.309. The first-order valence-electron chi connectivity index (χ1n) is 12.3. The first kappa shape index (κ1) is 24.5. The second-order valence-corrected chi connectivity index (χ2v) is 12.3. The molecule has 0 bridgehead atoms. The van der Waals surface area contributed by atoms with Crippen molar-refractivity contribution in [1.29, 1.82) is 0 Å². The molecular formula is C33H30OP2. The Labute approximate surface area is 217 Å². The summed E-state index contributed by atoms with van der Waals surface area (Å²) in [5, 5.41) is 5.53. The molecule has 0 aliphatic rings. The minimum Gasteiger partial charge on any atom is -0.488 e. The lowest BCUT2D eigenvalue weighted by atomic mass is 10.1. The van der Waals surface area contributed by atoms with E-state index in [1.807, 2.05) is 6.07 Å². The Bertz CT molecular complexity index is 1350. The smallest absolute Gasteiger partial charge is 0.127 e. The van der Waals surface area contributed by atoms with Crippen LogP contribution in [-0.4, -0.2) is 0 Å². The van der Waals surface area contributed by atoms with Crippen molar-refractivity contribution in [2.24, 2.45) is 0 Å². The van der Waals surface area contributed by atoms with Crippen LogP contribution >= 0.6 is 16.5 Å². The van der Waals surface area contributed by atoms with Crippen LogP contribution in [0.25, 0.3) is 0 Å². The maximum atomic E-state index is 6.31. The van der Waals surface area contributed by atoms with E-state index in [4.69, 9.17) is 4.74 Å². The third-order valence-corrected chi connectivity index (χ3v) is 10.4. The summed E-state index contributed by atoms with van der Waals surface area (Å²) in [5.41, 5.74) is 3.97. The van der Waals surface area contributed by atoms with E-state index < -0.39 is 7.92 Å². The van der Waals surface area contributed by atoms with Crippen LogP contribution < -0.4 is 26.0 Å². The molecule has 0 aliphatic carbocycles. The van der Waals surface area contributed by atoms with Gasteiger partial charge in [0.25, 0.3) is 0 Å². The summed E-state index contributed by atoms with van der Waals surface area (Å²) in [6, 6.07) is 47.6. The number of hydrogen-bond acceptors (Lipinski definition) is 1. The average molecular weight is 505 g/mol. The SMILES string of the molecule is Cc1cccc(CP(c2ccccc2)c2ccccc2)c1Pc1ccccc1OCc1ccccc1.